The number of likely N-dealkylation sites (tertiary alicyclic amines) is 1. The summed E-state index contributed by atoms with van der Waals surface area (Å²) in [7, 11) is 0. The maximum Gasteiger partial charge on any atom is 0.394 e. The predicted octanol–water partition coefficient (Wildman–Crippen LogP) is 2.83. The number of carbonyl (C=O) groups excluding carboxylic acids is 1. The normalized spacial score (nSPS) is 21.3. The summed E-state index contributed by atoms with van der Waals surface area (Å²) in [6, 6.07) is 0. The van der Waals surface area contributed by atoms with Crippen LogP contribution in [0.4, 0.5) is 13.2 Å². The summed E-state index contributed by atoms with van der Waals surface area (Å²) < 4.78 is 38.1. The minimum Gasteiger partial charge on any atom is -0.342 e. The van der Waals surface area contributed by atoms with Gasteiger partial charge in [-0.3, -0.25) is 4.79 Å². The Labute approximate surface area is 93.8 Å². The largest absolute Gasteiger partial charge is 0.394 e. The van der Waals surface area contributed by atoms with Crippen molar-refractivity contribution >= 4 is 5.91 Å². The van der Waals surface area contributed by atoms with Gasteiger partial charge in [0.1, 0.15) is 0 Å². The van der Waals surface area contributed by atoms with Crippen LogP contribution in [0.5, 0.6) is 0 Å². The molecule has 0 radical (unpaired) electrons. The zero-order chi connectivity index (χ0) is 12.6. The van der Waals surface area contributed by atoms with Gasteiger partial charge < -0.3 is 4.90 Å². The van der Waals surface area contributed by atoms with Crippen molar-refractivity contribution in [2.75, 3.05) is 13.1 Å². The number of rotatable bonds is 1. The van der Waals surface area contributed by atoms with E-state index in [0.717, 1.165) is 0 Å². The van der Waals surface area contributed by atoms with Crippen LogP contribution in [0.15, 0.2) is 0 Å². The number of hydrogen-bond acceptors (Lipinski definition) is 1. The molecule has 0 unspecified atom stereocenters. The van der Waals surface area contributed by atoms with Crippen molar-refractivity contribution < 1.29 is 18.0 Å². The fraction of sp³-hybridized carbons (Fsp3) is 0.909. The average Bonchev–Trinajstić information content (AvgIpc) is 2.16. The molecular weight excluding hydrogens is 219 g/mol. The quantitative estimate of drug-likeness (QED) is 0.686. The summed E-state index contributed by atoms with van der Waals surface area (Å²) in [6.45, 7) is 5.20. The molecule has 0 aromatic rings. The van der Waals surface area contributed by atoms with E-state index in [4.69, 9.17) is 0 Å². The van der Waals surface area contributed by atoms with Crippen LogP contribution in [-0.4, -0.2) is 30.1 Å². The molecule has 2 nitrogen and oxygen atoms in total. The zero-order valence-corrected chi connectivity index (χ0v) is 9.90. The number of alkyl halides is 3. The summed E-state index contributed by atoms with van der Waals surface area (Å²) in [6.07, 6.45) is -4.15. The summed E-state index contributed by atoms with van der Waals surface area (Å²) >= 11 is 0. The Balaban J connectivity index is 2.61. The van der Waals surface area contributed by atoms with E-state index in [-0.39, 0.29) is 37.8 Å². The Morgan fingerprint density at radius 1 is 1.25 bits per heavy atom. The molecule has 0 saturated carbocycles. The lowest BCUT2D eigenvalue weighted by molar-refractivity contribution is -0.231. The Kier molecular flexibility index (Phi) is 3.55. The Bertz CT molecular complexity index is 265. The van der Waals surface area contributed by atoms with Gasteiger partial charge in [-0.05, 0) is 12.8 Å². The molecule has 1 saturated heterocycles. The van der Waals surface area contributed by atoms with Gasteiger partial charge in [-0.25, -0.2) is 0 Å². The van der Waals surface area contributed by atoms with Crippen molar-refractivity contribution in [1.29, 1.82) is 0 Å². The molecule has 0 bridgehead atoms. The van der Waals surface area contributed by atoms with Crippen molar-refractivity contribution in [2.45, 2.75) is 39.8 Å². The first-order chi connectivity index (χ1) is 7.17. The van der Waals surface area contributed by atoms with Gasteiger partial charge >= 0.3 is 6.18 Å². The van der Waals surface area contributed by atoms with Crippen LogP contribution in [0.3, 0.4) is 0 Å². The third kappa shape index (κ3) is 2.50. The van der Waals surface area contributed by atoms with Crippen LogP contribution in [0.25, 0.3) is 0 Å². The third-order valence-corrected chi connectivity index (χ3v) is 3.36. The van der Waals surface area contributed by atoms with E-state index in [0.29, 0.717) is 0 Å². The smallest absolute Gasteiger partial charge is 0.342 e. The first-order valence-corrected chi connectivity index (χ1v) is 5.53. The lowest BCUT2D eigenvalue weighted by atomic mass is 9.79. The number of carbonyl (C=O) groups is 1. The fourth-order valence-electron chi connectivity index (χ4n) is 1.87. The molecule has 0 aromatic heterocycles. The summed E-state index contributed by atoms with van der Waals surface area (Å²) in [5, 5.41) is 0. The second-order valence-corrected chi connectivity index (χ2v) is 5.04. The molecule has 1 amide bonds. The highest BCUT2D eigenvalue weighted by Crippen LogP contribution is 2.45. The molecule has 0 atom stereocenters. The second kappa shape index (κ2) is 4.26. The maximum absolute atomic E-state index is 12.7. The Hall–Kier alpha value is -0.740. The molecule has 1 fully saturated rings. The van der Waals surface area contributed by atoms with E-state index in [1.165, 1.54) is 11.8 Å². The van der Waals surface area contributed by atoms with Gasteiger partial charge in [0.25, 0.3) is 0 Å². The second-order valence-electron chi connectivity index (χ2n) is 5.04. The summed E-state index contributed by atoms with van der Waals surface area (Å²) in [4.78, 5) is 13.1. The molecule has 5 heteroatoms. The molecule has 1 rings (SSSR count). The van der Waals surface area contributed by atoms with Crippen molar-refractivity contribution in [3.63, 3.8) is 0 Å². The first-order valence-electron chi connectivity index (χ1n) is 5.53. The SMILES string of the molecule is CC(C)C(=O)N1CCC(C)(C(F)(F)F)CC1. The van der Waals surface area contributed by atoms with Crippen LogP contribution in [0.2, 0.25) is 0 Å². The maximum atomic E-state index is 12.7. The lowest BCUT2D eigenvalue weighted by Crippen LogP contribution is -2.48. The lowest BCUT2D eigenvalue weighted by Gasteiger charge is -2.40. The van der Waals surface area contributed by atoms with Crippen LogP contribution >= 0.6 is 0 Å². The monoisotopic (exact) mass is 237 g/mol. The van der Waals surface area contributed by atoms with Crippen molar-refractivity contribution in [1.82, 2.24) is 4.90 Å². The number of piperidine rings is 1. The van der Waals surface area contributed by atoms with Gasteiger partial charge in [0.05, 0.1) is 5.41 Å². The number of nitrogens with zero attached hydrogens (tertiary/aromatic N) is 1. The van der Waals surface area contributed by atoms with Gasteiger partial charge in [-0.1, -0.05) is 20.8 Å². The van der Waals surface area contributed by atoms with Gasteiger partial charge in [-0.15, -0.1) is 0 Å². The third-order valence-electron chi connectivity index (χ3n) is 3.36. The molecule has 1 aliphatic rings. The van der Waals surface area contributed by atoms with E-state index in [9.17, 15) is 18.0 Å². The molecule has 0 aromatic carbocycles. The van der Waals surface area contributed by atoms with E-state index >= 15 is 0 Å². The van der Waals surface area contributed by atoms with E-state index in [2.05, 4.69) is 0 Å². The van der Waals surface area contributed by atoms with Crippen LogP contribution < -0.4 is 0 Å². The van der Waals surface area contributed by atoms with E-state index < -0.39 is 11.6 Å². The average molecular weight is 237 g/mol. The predicted molar refractivity (Wildman–Crippen MR) is 54.8 cm³/mol. The Morgan fingerprint density at radius 2 is 1.69 bits per heavy atom. The highest BCUT2D eigenvalue weighted by Gasteiger charge is 2.52. The highest BCUT2D eigenvalue weighted by atomic mass is 19.4. The number of halogens is 3. The van der Waals surface area contributed by atoms with Gasteiger partial charge in [-0.2, -0.15) is 13.2 Å². The zero-order valence-electron chi connectivity index (χ0n) is 9.90. The standard InChI is InChI=1S/C11H18F3NO/c1-8(2)9(16)15-6-4-10(3,5-7-15)11(12,13)14/h8H,4-7H2,1-3H3. The summed E-state index contributed by atoms with van der Waals surface area (Å²) in [5.74, 6) is -0.195. The fourth-order valence-corrected chi connectivity index (χ4v) is 1.87. The van der Waals surface area contributed by atoms with Crippen LogP contribution in [0, 0.1) is 11.3 Å². The van der Waals surface area contributed by atoms with Gasteiger partial charge in [0.2, 0.25) is 5.91 Å². The first kappa shape index (κ1) is 13.3. The molecule has 0 N–H and O–H groups in total. The molecule has 94 valence electrons. The number of hydrogen-bond donors (Lipinski definition) is 0. The molecule has 1 heterocycles. The molecule has 1 aliphatic heterocycles. The molecule has 16 heavy (non-hydrogen) atoms. The molecule has 0 spiro atoms. The van der Waals surface area contributed by atoms with Crippen LogP contribution in [0.1, 0.15) is 33.6 Å². The minimum absolute atomic E-state index is 0.00889. The number of amides is 1. The molecule has 0 aliphatic carbocycles. The summed E-state index contributed by atoms with van der Waals surface area (Å²) in [5.41, 5.74) is -1.62. The van der Waals surface area contributed by atoms with Gasteiger partial charge in [0, 0.05) is 19.0 Å². The molecular formula is C11H18F3NO. The van der Waals surface area contributed by atoms with Crippen molar-refractivity contribution in [3.05, 3.63) is 0 Å². The van der Waals surface area contributed by atoms with Crippen molar-refractivity contribution in [2.24, 2.45) is 11.3 Å². The topological polar surface area (TPSA) is 20.3 Å². The van der Waals surface area contributed by atoms with E-state index in [1.54, 1.807) is 13.8 Å². The Morgan fingerprint density at radius 3 is 2.00 bits per heavy atom. The van der Waals surface area contributed by atoms with Crippen LogP contribution in [-0.2, 0) is 4.79 Å². The van der Waals surface area contributed by atoms with Gasteiger partial charge in [0.15, 0.2) is 0 Å². The van der Waals surface area contributed by atoms with Crippen molar-refractivity contribution in [3.8, 4) is 0 Å². The highest BCUT2D eigenvalue weighted by molar-refractivity contribution is 5.78. The van der Waals surface area contributed by atoms with E-state index in [1.807, 2.05) is 0 Å². The minimum atomic E-state index is -4.17.